The molecule has 19 heavy (non-hydrogen) atoms. The van der Waals surface area contributed by atoms with Gasteiger partial charge in [0.1, 0.15) is 0 Å². The van der Waals surface area contributed by atoms with Gasteiger partial charge in [-0.2, -0.15) is 8.78 Å². The van der Waals surface area contributed by atoms with Gasteiger partial charge in [-0.05, 0) is 41.3 Å². The van der Waals surface area contributed by atoms with Gasteiger partial charge < -0.3 is 5.32 Å². The Morgan fingerprint density at radius 2 is 1.74 bits per heavy atom. The summed E-state index contributed by atoms with van der Waals surface area (Å²) in [5.41, 5.74) is 4.69. The first-order chi connectivity index (χ1) is 9.22. The molecule has 1 heterocycles. The SMILES string of the molecule is FC(F)Sc1ccc(-c2ccc3c(c2)NCC3)cc1. The first-order valence-corrected chi connectivity index (χ1v) is 7.02. The number of hydrogen-bond donors (Lipinski definition) is 1. The lowest BCUT2D eigenvalue weighted by Gasteiger charge is -2.06. The van der Waals surface area contributed by atoms with Crippen molar-refractivity contribution in [3.05, 3.63) is 48.0 Å². The van der Waals surface area contributed by atoms with Crippen molar-refractivity contribution in [3.63, 3.8) is 0 Å². The van der Waals surface area contributed by atoms with Crippen LogP contribution < -0.4 is 5.32 Å². The summed E-state index contributed by atoms with van der Waals surface area (Å²) in [5, 5.41) is 3.34. The Kier molecular flexibility index (Phi) is 3.42. The van der Waals surface area contributed by atoms with Crippen LogP contribution in [-0.4, -0.2) is 12.3 Å². The summed E-state index contributed by atoms with van der Waals surface area (Å²) in [5.74, 6) is -2.37. The van der Waals surface area contributed by atoms with E-state index in [1.807, 2.05) is 12.1 Å². The molecule has 1 nitrogen and oxygen atoms in total. The average Bonchev–Trinajstić information content (AvgIpc) is 2.86. The molecular formula is C15H13F2NS. The molecule has 0 fully saturated rings. The highest BCUT2D eigenvalue weighted by Gasteiger charge is 2.11. The van der Waals surface area contributed by atoms with Gasteiger partial charge in [-0.25, -0.2) is 0 Å². The number of benzene rings is 2. The summed E-state index contributed by atoms with van der Waals surface area (Å²) >= 11 is 0.577. The van der Waals surface area contributed by atoms with E-state index in [2.05, 4.69) is 23.5 Å². The lowest BCUT2D eigenvalue weighted by atomic mass is 10.0. The summed E-state index contributed by atoms with van der Waals surface area (Å²) in [6.07, 6.45) is 1.07. The van der Waals surface area contributed by atoms with Gasteiger partial charge in [-0.15, -0.1) is 0 Å². The van der Waals surface area contributed by atoms with Crippen molar-refractivity contribution in [1.29, 1.82) is 0 Å². The minimum absolute atomic E-state index is 0.577. The Morgan fingerprint density at radius 1 is 1.00 bits per heavy atom. The zero-order valence-corrected chi connectivity index (χ0v) is 11.0. The van der Waals surface area contributed by atoms with Crippen molar-refractivity contribution in [2.45, 2.75) is 17.1 Å². The number of thioether (sulfide) groups is 1. The minimum atomic E-state index is -2.37. The number of nitrogens with one attached hydrogen (secondary N) is 1. The van der Waals surface area contributed by atoms with Gasteiger partial charge in [0.15, 0.2) is 0 Å². The van der Waals surface area contributed by atoms with Crippen LogP contribution in [0.4, 0.5) is 14.5 Å². The van der Waals surface area contributed by atoms with Crippen LogP contribution in [0.1, 0.15) is 5.56 Å². The quantitative estimate of drug-likeness (QED) is 0.820. The van der Waals surface area contributed by atoms with Crippen LogP contribution >= 0.6 is 11.8 Å². The molecule has 1 N–H and O–H groups in total. The average molecular weight is 277 g/mol. The molecule has 2 aromatic rings. The molecule has 1 aliphatic heterocycles. The van der Waals surface area contributed by atoms with E-state index >= 15 is 0 Å². The Balaban J connectivity index is 1.86. The number of rotatable bonds is 3. The first kappa shape index (κ1) is 12.5. The third-order valence-electron chi connectivity index (χ3n) is 3.23. The Bertz CT molecular complexity index is 581. The van der Waals surface area contributed by atoms with Gasteiger partial charge in [0.25, 0.3) is 5.76 Å². The van der Waals surface area contributed by atoms with Crippen LogP contribution in [0, 0.1) is 0 Å². The van der Waals surface area contributed by atoms with Crippen LogP contribution in [0.3, 0.4) is 0 Å². The summed E-state index contributed by atoms with van der Waals surface area (Å²) in [4.78, 5) is 0.595. The van der Waals surface area contributed by atoms with Gasteiger partial charge in [-0.3, -0.25) is 0 Å². The third kappa shape index (κ3) is 2.73. The lowest BCUT2D eigenvalue weighted by molar-refractivity contribution is 0.252. The molecule has 2 aromatic carbocycles. The smallest absolute Gasteiger partial charge is 0.288 e. The summed E-state index contributed by atoms with van der Waals surface area (Å²) in [6.45, 7) is 0.989. The molecule has 0 saturated carbocycles. The van der Waals surface area contributed by atoms with Crippen molar-refractivity contribution in [1.82, 2.24) is 0 Å². The highest BCUT2D eigenvalue weighted by molar-refractivity contribution is 7.99. The van der Waals surface area contributed by atoms with Crippen molar-refractivity contribution >= 4 is 17.4 Å². The molecule has 0 atom stereocenters. The van der Waals surface area contributed by atoms with Crippen LogP contribution in [0.5, 0.6) is 0 Å². The number of halogens is 2. The van der Waals surface area contributed by atoms with Crippen LogP contribution in [0.2, 0.25) is 0 Å². The molecule has 3 rings (SSSR count). The monoisotopic (exact) mass is 277 g/mol. The first-order valence-electron chi connectivity index (χ1n) is 6.14. The highest BCUT2D eigenvalue weighted by Crippen LogP contribution is 2.31. The molecule has 0 aliphatic carbocycles. The van der Waals surface area contributed by atoms with Crippen LogP contribution in [-0.2, 0) is 6.42 Å². The molecule has 1 aliphatic rings. The normalized spacial score (nSPS) is 13.4. The van der Waals surface area contributed by atoms with Crippen LogP contribution in [0.15, 0.2) is 47.4 Å². The van der Waals surface area contributed by atoms with Crippen molar-refractivity contribution < 1.29 is 8.78 Å². The maximum absolute atomic E-state index is 12.2. The summed E-state index contributed by atoms with van der Waals surface area (Å²) in [7, 11) is 0. The van der Waals surface area contributed by atoms with Gasteiger partial charge in [0.05, 0.1) is 0 Å². The van der Waals surface area contributed by atoms with E-state index in [0.29, 0.717) is 16.7 Å². The fourth-order valence-electron chi connectivity index (χ4n) is 2.30. The summed E-state index contributed by atoms with van der Waals surface area (Å²) < 4.78 is 24.5. The van der Waals surface area contributed by atoms with E-state index in [1.165, 1.54) is 11.3 Å². The summed E-state index contributed by atoms with van der Waals surface area (Å²) in [6, 6.07) is 13.6. The zero-order valence-electron chi connectivity index (χ0n) is 10.2. The predicted molar refractivity (Wildman–Crippen MR) is 75.9 cm³/mol. The Morgan fingerprint density at radius 3 is 2.47 bits per heavy atom. The molecule has 0 amide bonds. The fraction of sp³-hybridized carbons (Fsp3) is 0.200. The molecule has 0 saturated heterocycles. The van der Waals surface area contributed by atoms with Crippen LogP contribution in [0.25, 0.3) is 11.1 Å². The highest BCUT2D eigenvalue weighted by atomic mass is 32.2. The second kappa shape index (κ2) is 5.21. The van der Waals surface area contributed by atoms with Gasteiger partial charge in [0.2, 0.25) is 0 Å². The van der Waals surface area contributed by atoms with E-state index in [0.717, 1.165) is 24.1 Å². The number of alkyl halides is 2. The van der Waals surface area contributed by atoms with Crippen molar-refractivity contribution in [2.75, 3.05) is 11.9 Å². The van der Waals surface area contributed by atoms with Crippen molar-refractivity contribution in [2.24, 2.45) is 0 Å². The third-order valence-corrected chi connectivity index (χ3v) is 3.95. The van der Waals surface area contributed by atoms with Gasteiger partial charge in [0, 0.05) is 17.1 Å². The topological polar surface area (TPSA) is 12.0 Å². The van der Waals surface area contributed by atoms with E-state index in [9.17, 15) is 8.78 Å². The molecule has 4 heteroatoms. The van der Waals surface area contributed by atoms with Gasteiger partial charge >= 0.3 is 0 Å². The largest absolute Gasteiger partial charge is 0.384 e. The van der Waals surface area contributed by atoms with Crippen molar-refractivity contribution in [3.8, 4) is 11.1 Å². The van der Waals surface area contributed by atoms with E-state index < -0.39 is 5.76 Å². The van der Waals surface area contributed by atoms with E-state index in [-0.39, 0.29) is 0 Å². The second-order valence-corrected chi connectivity index (χ2v) is 5.52. The Labute approximate surface area is 115 Å². The fourth-order valence-corrected chi connectivity index (χ4v) is 2.80. The number of fused-ring (bicyclic) bond motifs is 1. The minimum Gasteiger partial charge on any atom is -0.384 e. The molecular weight excluding hydrogens is 264 g/mol. The predicted octanol–water partition coefficient (Wildman–Crippen LogP) is 4.64. The van der Waals surface area contributed by atoms with E-state index in [4.69, 9.17) is 0 Å². The maximum Gasteiger partial charge on any atom is 0.288 e. The molecule has 0 unspecified atom stereocenters. The molecule has 0 aromatic heterocycles. The second-order valence-electron chi connectivity index (χ2n) is 4.45. The molecule has 0 radical (unpaired) electrons. The molecule has 98 valence electrons. The lowest BCUT2D eigenvalue weighted by Crippen LogP contribution is -1.91. The van der Waals surface area contributed by atoms with E-state index in [1.54, 1.807) is 12.1 Å². The Hall–Kier alpha value is -1.55. The standard InChI is InChI=1S/C15H13F2NS/c16-15(17)19-13-5-3-10(4-6-13)12-2-1-11-7-8-18-14(11)9-12/h1-6,9,15,18H,7-8H2. The number of anilines is 1. The molecule has 0 bridgehead atoms. The maximum atomic E-state index is 12.2. The van der Waals surface area contributed by atoms with Gasteiger partial charge in [-0.1, -0.05) is 36.0 Å². The zero-order chi connectivity index (χ0) is 13.2. The molecule has 0 spiro atoms. The number of hydrogen-bond acceptors (Lipinski definition) is 2.